The number of hydrogen-bond donors (Lipinski definition) is 2. The van der Waals surface area contributed by atoms with Gasteiger partial charge in [-0.15, -0.1) is 0 Å². The predicted octanol–water partition coefficient (Wildman–Crippen LogP) is 3.50. The molecule has 8 heteroatoms. The van der Waals surface area contributed by atoms with Crippen LogP contribution in [0.3, 0.4) is 0 Å². The van der Waals surface area contributed by atoms with Crippen molar-refractivity contribution in [1.29, 1.82) is 0 Å². The zero-order valence-corrected chi connectivity index (χ0v) is 17.4. The van der Waals surface area contributed by atoms with E-state index in [9.17, 15) is 9.59 Å². The molecule has 0 spiro atoms. The number of ether oxygens (including phenoxy) is 2. The Kier molecular flexibility index (Phi) is 5.41. The molecule has 1 aliphatic heterocycles. The van der Waals surface area contributed by atoms with Gasteiger partial charge in [-0.3, -0.25) is 14.6 Å². The van der Waals surface area contributed by atoms with Crippen molar-refractivity contribution >= 4 is 23.9 Å². The van der Waals surface area contributed by atoms with E-state index in [0.29, 0.717) is 29.5 Å². The molecule has 30 heavy (non-hydrogen) atoms. The van der Waals surface area contributed by atoms with Crippen LogP contribution in [0.2, 0.25) is 0 Å². The standard InChI is InChI=1S/C22H21N3O4S/c1-25-20-19(21(27)24-22(25)30)15(11-18(26)23-20)14-8-9-16(17(10-14)28-2)29-12-13-6-4-3-5-7-13/h3-10,15H,11-12H2,1-2H3,(H,23,26)(H,24,27,30). The summed E-state index contributed by atoms with van der Waals surface area (Å²) in [4.78, 5) is 27.7. The maximum absolute atomic E-state index is 12.7. The van der Waals surface area contributed by atoms with E-state index in [1.54, 1.807) is 24.8 Å². The van der Waals surface area contributed by atoms with Gasteiger partial charge in [0.25, 0.3) is 5.56 Å². The van der Waals surface area contributed by atoms with Crippen LogP contribution < -0.4 is 20.3 Å². The van der Waals surface area contributed by atoms with Crippen molar-refractivity contribution in [2.45, 2.75) is 18.9 Å². The molecule has 4 rings (SSSR count). The van der Waals surface area contributed by atoms with E-state index in [4.69, 9.17) is 21.7 Å². The number of amides is 1. The van der Waals surface area contributed by atoms with E-state index in [0.717, 1.165) is 11.1 Å². The minimum Gasteiger partial charge on any atom is -0.493 e. The largest absolute Gasteiger partial charge is 0.493 e. The number of nitrogens with zero attached hydrogens (tertiary/aromatic N) is 1. The van der Waals surface area contributed by atoms with Crippen LogP contribution in [0.25, 0.3) is 0 Å². The van der Waals surface area contributed by atoms with Gasteiger partial charge in [0.2, 0.25) is 5.91 Å². The van der Waals surface area contributed by atoms with Crippen LogP contribution in [0.1, 0.15) is 29.0 Å². The number of carbonyl (C=O) groups is 1. The molecule has 0 radical (unpaired) electrons. The number of anilines is 1. The summed E-state index contributed by atoms with van der Waals surface area (Å²) in [6, 6.07) is 15.3. The third-order valence-corrected chi connectivity index (χ3v) is 5.56. The van der Waals surface area contributed by atoms with Crippen molar-refractivity contribution in [1.82, 2.24) is 9.55 Å². The quantitative estimate of drug-likeness (QED) is 0.614. The highest BCUT2D eigenvalue weighted by molar-refractivity contribution is 7.71. The third-order valence-electron chi connectivity index (χ3n) is 5.18. The fourth-order valence-electron chi connectivity index (χ4n) is 3.62. The molecule has 0 fully saturated rings. The Morgan fingerprint density at radius 3 is 2.63 bits per heavy atom. The minimum atomic E-state index is -0.420. The summed E-state index contributed by atoms with van der Waals surface area (Å²) in [6.07, 6.45) is 0.153. The number of methoxy groups -OCH3 is 1. The van der Waals surface area contributed by atoms with Gasteiger partial charge in [-0.1, -0.05) is 36.4 Å². The Morgan fingerprint density at radius 2 is 1.90 bits per heavy atom. The van der Waals surface area contributed by atoms with E-state index in [2.05, 4.69) is 10.3 Å². The average molecular weight is 423 g/mol. The Labute approximate surface area is 178 Å². The number of benzene rings is 2. The van der Waals surface area contributed by atoms with Gasteiger partial charge in [0, 0.05) is 19.4 Å². The van der Waals surface area contributed by atoms with Crippen molar-refractivity contribution < 1.29 is 14.3 Å². The molecule has 2 heterocycles. The fraction of sp³-hybridized carbons (Fsp3) is 0.227. The Balaban J connectivity index is 1.70. The first-order valence-corrected chi connectivity index (χ1v) is 9.86. The summed E-state index contributed by atoms with van der Waals surface area (Å²) in [5, 5.41) is 2.77. The number of fused-ring (bicyclic) bond motifs is 1. The lowest BCUT2D eigenvalue weighted by Gasteiger charge is -2.27. The third kappa shape index (κ3) is 3.73. The minimum absolute atomic E-state index is 0.153. The second-order valence-electron chi connectivity index (χ2n) is 7.07. The lowest BCUT2D eigenvalue weighted by molar-refractivity contribution is -0.116. The van der Waals surface area contributed by atoms with Crippen LogP contribution in [0.15, 0.2) is 53.3 Å². The zero-order chi connectivity index (χ0) is 21.3. The number of carbonyl (C=O) groups excluding carboxylic acids is 1. The Morgan fingerprint density at radius 1 is 1.13 bits per heavy atom. The molecule has 1 aliphatic rings. The van der Waals surface area contributed by atoms with Gasteiger partial charge in [-0.05, 0) is 35.5 Å². The highest BCUT2D eigenvalue weighted by Gasteiger charge is 2.31. The van der Waals surface area contributed by atoms with Crippen molar-refractivity contribution in [2.75, 3.05) is 12.4 Å². The van der Waals surface area contributed by atoms with E-state index in [-0.39, 0.29) is 22.7 Å². The van der Waals surface area contributed by atoms with Gasteiger partial charge in [0.15, 0.2) is 16.3 Å². The summed E-state index contributed by atoms with van der Waals surface area (Å²) in [7, 11) is 3.27. The van der Waals surface area contributed by atoms with Crippen LogP contribution in [-0.2, 0) is 18.4 Å². The molecular weight excluding hydrogens is 402 g/mol. The smallest absolute Gasteiger partial charge is 0.257 e. The molecular formula is C22H21N3O4S. The van der Waals surface area contributed by atoms with Gasteiger partial charge < -0.3 is 19.4 Å². The number of nitrogens with one attached hydrogen (secondary N) is 2. The SMILES string of the molecule is COc1cc(C2CC(=O)Nc3c2c(=O)[nH]c(=S)n3C)ccc1OCc1ccccc1. The van der Waals surface area contributed by atoms with Crippen LogP contribution in [0, 0.1) is 4.77 Å². The topological polar surface area (TPSA) is 85.4 Å². The normalized spacial score (nSPS) is 15.3. The fourth-order valence-corrected chi connectivity index (χ4v) is 3.81. The van der Waals surface area contributed by atoms with Crippen LogP contribution in [-0.4, -0.2) is 22.6 Å². The van der Waals surface area contributed by atoms with Crippen LogP contribution in [0.4, 0.5) is 5.82 Å². The van der Waals surface area contributed by atoms with E-state index >= 15 is 0 Å². The second kappa shape index (κ2) is 8.16. The zero-order valence-electron chi connectivity index (χ0n) is 16.6. The number of aromatic amines is 1. The Bertz CT molecular complexity index is 1220. The summed E-state index contributed by atoms with van der Waals surface area (Å²) < 4.78 is 13.3. The summed E-state index contributed by atoms with van der Waals surface area (Å²) in [5.41, 5.74) is 2.00. The summed E-state index contributed by atoms with van der Waals surface area (Å²) in [5.74, 6) is 0.957. The molecule has 2 N–H and O–H groups in total. The maximum Gasteiger partial charge on any atom is 0.257 e. The van der Waals surface area contributed by atoms with Crippen LogP contribution in [0.5, 0.6) is 11.5 Å². The number of aromatic nitrogens is 2. The summed E-state index contributed by atoms with van der Waals surface area (Å²) in [6.45, 7) is 0.405. The van der Waals surface area contributed by atoms with Gasteiger partial charge >= 0.3 is 0 Å². The second-order valence-corrected chi connectivity index (χ2v) is 7.46. The van der Waals surface area contributed by atoms with Gasteiger partial charge in [0.05, 0.1) is 12.7 Å². The molecule has 1 atom stereocenters. The molecule has 3 aromatic rings. The lowest BCUT2D eigenvalue weighted by atomic mass is 9.86. The molecule has 0 aliphatic carbocycles. The van der Waals surface area contributed by atoms with Crippen LogP contribution >= 0.6 is 12.2 Å². The molecule has 0 saturated heterocycles. The predicted molar refractivity (Wildman–Crippen MR) is 116 cm³/mol. The van der Waals surface area contributed by atoms with Crippen molar-refractivity contribution in [3.05, 3.63) is 80.3 Å². The van der Waals surface area contributed by atoms with E-state index in [1.807, 2.05) is 42.5 Å². The average Bonchev–Trinajstić information content (AvgIpc) is 2.76. The monoisotopic (exact) mass is 423 g/mol. The molecule has 1 aromatic heterocycles. The lowest BCUT2D eigenvalue weighted by Crippen LogP contribution is -2.33. The summed E-state index contributed by atoms with van der Waals surface area (Å²) >= 11 is 5.17. The first-order valence-electron chi connectivity index (χ1n) is 9.45. The Hall–Kier alpha value is -3.39. The van der Waals surface area contributed by atoms with Crippen molar-refractivity contribution in [2.24, 2.45) is 7.05 Å². The first-order chi connectivity index (χ1) is 14.5. The van der Waals surface area contributed by atoms with Gasteiger partial charge in [-0.25, -0.2) is 0 Å². The molecule has 0 saturated carbocycles. The molecule has 7 nitrogen and oxygen atoms in total. The molecule has 1 amide bonds. The van der Waals surface area contributed by atoms with Crippen molar-refractivity contribution in [3.8, 4) is 11.5 Å². The van der Waals surface area contributed by atoms with Gasteiger partial charge in [-0.2, -0.15) is 0 Å². The highest BCUT2D eigenvalue weighted by atomic mass is 32.1. The van der Waals surface area contributed by atoms with Gasteiger partial charge in [0.1, 0.15) is 12.4 Å². The van der Waals surface area contributed by atoms with Crippen molar-refractivity contribution in [3.63, 3.8) is 0 Å². The number of rotatable bonds is 5. The molecule has 0 bridgehead atoms. The number of H-pyrrole nitrogens is 1. The first kappa shape index (κ1) is 19.9. The molecule has 154 valence electrons. The van der Waals surface area contributed by atoms with E-state index in [1.165, 1.54) is 0 Å². The van der Waals surface area contributed by atoms with E-state index < -0.39 is 5.92 Å². The maximum atomic E-state index is 12.7. The molecule has 1 unspecified atom stereocenters. The highest BCUT2D eigenvalue weighted by Crippen LogP contribution is 2.38. The number of hydrogen-bond acceptors (Lipinski definition) is 5. The molecule has 2 aromatic carbocycles.